The molecule has 0 aliphatic rings. The number of halogens is 1. The third-order valence-corrected chi connectivity index (χ3v) is 5.18. The molecule has 0 fully saturated rings. The molecule has 1 amide bonds. The number of carbonyl (C=O) groups excluding carboxylic acids is 1. The summed E-state index contributed by atoms with van der Waals surface area (Å²) < 4.78 is 6.55. The molecule has 30 heavy (non-hydrogen) atoms. The van der Waals surface area contributed by atoms with Crippen LogP contribution in [0.25, 0.3) is 0 Å². The van der Waals surface area contributed by atoms with E-state index in [4.69, 9.17) is 16.3 Å². The van der Waals surface area contributed by atoms with E-state index >= 15 is 0 Å². The zero-order chi connectivity index (χ0) is 22.1. The molecule has 2 aromatic rings. The lowest BCUT2D eigenvalue weighted by Gasteiger charge is -2.19. The van der Waals surface area contributed by atoms with E-state index in [1.165, 1.54) is 4.68 Å². The predicted octanol–water partition coefficient (Wildman–Crippen LogP) is 4.54. The Balaban J connectivity index is 1.79. The van der Waals surface area contributed by atoms with Crippen LogP contribution in [0.2, 0.25) is 5.02 Å². The van der Waals surface area contributed by atoms with Crippen LogP contribution in [0, 0.1) is 0 Å². The number of thioether (sulfide) groups is 1. The second-order valence-electron chi connectivity index (χ2n) is 7.71. The highest BCUT2D eigenvalue weighted by atomic mass is 35.5. The summed E-state index contributed by atoms with van der Waals surface area (Å²) in [5.41, 5.74) is 0.145. The van der Waals surface area contributed by atoms with Gasteiger partial charge in [0.1, 0.15) is 5.60 Å². The molecule has 0 bridgehead atoms. The summed E-state index contributed by atoms with van der Waals surface area (Å²) in [4.78, 5) is 24.3. The van der Waals surface area contributed by atoms with E-state index in [-0.39, 0.29) is 0 Å². The van der Waals surface area contributed by atoms with Gasteiger partial charge in [0.25, 0.3) is 0 Å². The summed E-state index contributed by atoms with van der Waals surface area (Å²) in [6, 6.07) is 6.69. The van der Waals surface area contributed by atoms with E-state index in [1.807, 2.05) is 24.3 Å². The van der Waals surface area contributed by atoms with Gasteiger partial charge in [-0.1, -0.05) is 22.9 Å². The lowest BCUT2D eigenvalue weighted by atomic mass is 10.1. The first-order chi connectivity index (χ1) is 14.1. The van der Waals surface area contributed by atoms with Gasteiger partial charge in [0, 0.05) is 22.2 Å². The standard InChI is InChI=1S/C20H27ClN4O4S/c1-20(2,3)29-19(28)22-10-5-4-9-17(18(26)27)25-12-15(23-24-25)13-30-16-8-6-7-14(21)11-16/h6-8,11-12,17H,4-5,9-10,13H2,1-3H3,(H,22,28)(H,26,27)/t17-/m0/s1. The summed E-state index contributed by atoms with van der Waals surface area (Å²) >= 11 is 7.53. The second-order valence-corrected chi connectivity index (χ2v) is 9.20. The fraction of sp³-hybridized carbons (Fsp3) is 0.500. The Hall–Kier alpha value is -2.26. The van der Waals surface area contributed by atoms with Crippen LogP contribution in [0.5, 0.6) is 0 Å². The van der Waals surface area contributed by atoms with Gasteiger partial charge in [-0.2, -0.15) is 0 Å². The fourth-order valence-electron chi connectivity index (χ4n) is 2.58. The smallest absolute Gasteiger partial charge is 0.407 e. The molecule has 0 aliphatic heterocycles. The van der Waals surface area contributed by atoms with Crippen molar-refractivity contribution in [2.75, 3.05) is 6.54 Å². The van der Waals surface area contributed by atoms with Gasteiger partial charge in [0.15, 0.2) is 6.04 Å². The zero-order valence-electron chi connectivity index (χ0n) is 17.3. The molecule has 1 heterocycles. The molecule has 0 aliphatic carbocycles. The Morgan fingerprint density at radius 3 is 2.77 bits per heavy atom. The first-order valence-corrected chi connectivity index (χ1v) is 11.0. The number of aliphatic carboxylic acids is 1. The number of aromatic nitrogens is 3. The molecule has 10 heteroatoms. The summed E-state index contributed by atoms with van der Waals surface area (Å²) in [5.74, 6) is -0.402. The number of rotatable bonds is 10. The van der Waals surface area contributed by atoms with Crippen LogP contribution < -0.4 is 5.32 Å². The fourth-order valence-corrected chi connectivity index (χ4v) is 3.67. The minimum atomic E-state index is -0.964. The van der Waals surface area contributed by atoms with Crippen molar-refractivity contribution in [3.63, 3.8) is 0 Å². The maximum atomic E-state index is 11.7. The molecule has 1 aromatic carbocycles. The van der Waals surface area contributed by atoms with Crippen molar-refractivity contribution in [1.29, 1.82) is 0 Å². The summed E-state index contributed by atoms with van der Waals surface area (Å²) in [7, 11) is 0. The van der Waals surface area contributed by atoms with Crippen LogP contribution in [-0.4, -0.2) is 44.3 Å². The lowest BCUT2D eigenvalue weighted by Crippen LogP contribution is -2.33. The van der Waals surface area contributed by atoms with E-state index in [9.17, 15) is 14.7 Å². The van der Waals surface area contributed by atoms with Gasteiger partial charge in [0.05, 0.1) is 11.9 Å². The quantitative estimate of drug-likeness (QED) is 0.400. The molecule has 0 spiro atoms. The number of hydrogen-bond donors (Lipinski definition) is 2. The molecule has 2 N–H and O–H groups in total. The lowest BCUT2D eigenvalue weighted by molar-refractivity contribution is -0.141. The van der Waals surface area contributed by atoms with Gasteiger partial charge >= 0.3 is 12.1 Å². The van der Waals surface area contributed by atoms with Gasteiger partial charge in [-0.3, -0.25) is 0 Å². The highest BCUT2D eigenvalue weighted by molar-refractivity contribution is 7.98. The van der Waals surface area contributed by atoms with Crippen molar-refractivity contribution in [1.82, 2.24) is 20.3 Å². The number of benzene rings is 1. The molecular weight excluding hydrogens is 428 g/mol. The Bertz CT molecular complexity index is 853. The first-order valence-electron chi connectivity index (χ1n) is 9.63. The Morgan fingerprint density at radius 1 is 1.33 bits per heavy atom. The van der Waals surface area contributed by atoms with Gasteiger partial charge in [-0.25, -0.2) is 14.3 Å². The van der Waals surface area contributed by atoms with E-state index in [1.54, 1.807) is 38.7 Å². The van der Waals surface area contributed by atoms with Crippen molar-refractivity contribution in [2.24, 2.45) is 0 Å². The van der Waals surface area contributed by atoms with E-state index in [0.717, 1.165) is 4.90 Å². The number of hydrogen-bond acceptors (Lipinski definition) is 6. The Morgan fingerprint density at radius 2 is 2.10 bits per heavy atom. The number of unbranched alkanes of at least 4 members (excludes halogenated alkanes) is 1. The number of carboxylic acid groups (broad SMARTS) is 1. The molecule has 8 nitrogen and oxygen atoms in total. The number of alkyl carbamates (subject to hydrolysis) is 1. The maximum Gasteiger partial charge on any atom is 0.407 e. The average Bonchev–Trinajstić information content (AvgIpc) is 3.09. The van der Waals surface area contributed by atoms with E-state index in [2.05, 4.69) is 15.6 Å². The van der Waals surface area contributed by atoms with Crippen molar-refractivity contribution in [3.8, 4) is 0 Å². The number of carboxylic acids is 1. The molecule has 1 atom stereocenters. The minimum Gasteiger partial charge on any atom is -0.480 e. The van der Waals surface area contributed by atoms with Gasteiger partial charge in [-0.15, -0.1) is 16.9 Å². The van der Waals surface area contributed by atoms with Crippen LogP contribution in [0.15, 0.2) is 35.4 Å². The number of carbonyl (C=O) groups is 2. The summed E-state index contributed by atoms with van der Waals surface area (Å²) in [5, 5.41) is 21.0. The van der Waals surface area contributed by atoms with Gasteiger partial charge in [0.2, 0.25) is 0 Å². The highest BCUT2D eigenvalue weighted by Crippen LogP contribution is 2.25. The van der Waals surface area contributed by atoms with E-state index < -0.39 is 23.7 Å². The van der Waals surface area contributed by atoms with Gasteiger partial charge in [-0.05, 0) is 58.2 Å². The van der Waals surface area contributed by atoms with Gasteiger partial charge < -0.3 is 15.2 Å². The number of amides is 1. The van der Waals surface area contributed by atoms with Crippen LogP contribution in [0.1, 0.15) is 51.8 Å². The highest BCUT2D eigenvalue weighted by Gasteiger charge is 2.21. The molecular formula is C20H27ClN4O4S. The van der Waals surface area contributed by atoms with Crippen molar-refractivity contribution >= 4 is 35.4 Å². The molecule has 0 unspecified atom stereocenters. The largest absolute Gasteiger partial charge is 0.480 e. The normalized spacial score (nSPS) is 12.4. The summed E-state index contributed by atoms with van der Waals surface area (Å²) in [6.07, 6.45) is 2.81. The van der Waals surface area contributed by atoms with Crippen molar-refractivity contribution in [2.45, 2.75) is 62.3 Å². The summed E-state index contributed by atoms with van der Waals surface area (Å²) in [6.45, 7) is 5.80. The second kappa shape index (κ2) is 11.2. The molecule has 2 rings (SSSR count). The number of nitrogens with one attached hydrogen (secondary N) is 1. The molecule has 164 valence electrons. The molecule has 0 radical (unpaired) electrons. The van der Waals surface area contributed by atoms with Crippen LogP contribution in [0.3, 0.4) is 0 Å². The SMILES string of the molecule is CC(C)(C)OC(=O)NCCCC[C@@H](C(=O)O)n1cc(CSc2cccc(Cl)c2)nn1. The minimum absolute atomic E-state index is 0.384. The van der Waals surface area contributed by atoms with E-state index in [0.29, 0.717) is 42.3 Å². The third-order valence-electron chi connectivity index (χ3n) is 3.92. The van der Waals surface area contributed by atoms with Crippen molar-refractivity contribution in [3.05, 3.63) is 41.2 Å². The van der Waals surface area contributed by atoms with Crippen LogP contribution >= 0.6 is 23.4 Å². The van der Waals surface area contributed by atoms with Crippen molar-refractivity contribution < 1.29 is 19.4 Å². The zero-order valence-corrected chi connectivity index (χ0v) is 18.9. The van der Waals surface area contributed by atoms with Crippen LogP contribution in [-0.2, 0) is 15.3 Å². The number of nitrogens with zero attached hydrogens (tertiary/aromatic N) is 3. The predicted molar refractivity (Wildman–Crippen MR) is 116 cm³/mol. The first kappa shape index (κ1) is 24.0. The Kier molecular flexibility index (Phi) is 8.98. The van der Waals surface area contributed by atoms with Crippen LogP contribution in [0.4, 0.5) is 4.79 Å². The Labute approximate surface area is 185 Å². The number of ether oxygens (including phenoxy) is 1. The molecule has 0 saturated carbocycles. The topological polar surface area (TPSA) is 106 Å². The molecule has 0 saturated heterocycles. The average molecular weight is 455 g/mol. The monoisotopic (exact) mass is 454 g/mol. The maximum absolute atomic E-state index is 11.7. The third kappa shape index (κ3) is 8.62. The molecule has 1 aromatic heterocycles.